The van der Waals surface area contributed by atoms with Gasteiger partial charge in [-0.25, -0.2) is 21.8 Å². The summed E-state index contributed by atoms with van der Waals surface area (Å²) >= 11 is 1.30. The number of thiazole rings is 1. The first-order valence-electron chi connectivity index (χ1n) is 14.7. The molecule has 0 radical (unpaired) electrons. The van der Waals surface area contributed by atoms with Crippen molar-refractivity contribution in [3.05, 3.63) is 70.2 Å². The molecule has 0 spiro atoms. The Morgan fingerprint density at radius 1 is 1.00 bits per heavy atom. The number of benzene rings is 2. The Bertz CT molecular complexity index is 1820. The predicted octanol–water partition coefficient (Wildman–Crippen LogP) is 3.85. The van der Waals surface area contributed by atoms with Gasteiger partial charge in [0.2, 0.25) is 26.0 Å². The highest BCUT2D eigenvalue weighted by Gasteiger charge is 2.41. The Balaban J connectivity index is 1.39. The van der Waals surface area contributed by atoms with E-state index in [0.29, 0.717) is 18.1 Å². The number of amides is 1. The lowest BCUT2D eigenvalue weighted by molar-refractivity contribution is -0.274. The zero-order valence-corrected chi connectivity index (χ0v) is 28.7. The maximum absolute atomic E-state index is 13.8. The molecule has 2 aromatic carbocycles. The number of hydrogen-bond donors (Lipinski definition) is 1. The molecule has 3 heterocycles. The molecule has 0 aliphatic carbocycles. The number of anilines is 1. The van der Waals surface area contributed by atoms with Crippen LogP contribution in [0, 0.1) is 0 Å². The molecule has 256 valence electrons. The highest BCUT2D eigenvalue weighted by molar-refractivity contribution is 7.89. The second-order valence-corrected chi connectivity index (χ2v) is 17.4. The fraction of sp³-hybridized carbons (Fsp3) is 0.467. The van der Waals surface area contributed by atoms with Gasteiger partial charge in [-0.15, -0.1) is 24.5 Å². The van der Waals surface area contributed by atoms with Crippen LogP contribution in [0.1, 0.15) is 42.5 Å². The van der Waals surface area contributed by atoms with Crippen LogP contribution in [0.25, 0.3) is 0 Å². The first kappa shape index (κ1) is 35.1. The van der Waals surface area contributed by atoms with Gasteiger partial charge < -0.3 is 15.0 Å². The summed E-state index contributed by atoms with van der Waals surface area (Å²) in [6.07, 6.45) is -3.36. The van der Waals surface area contributed by atoms with Crippen LogP contribution in [0.2, 0.25) is 0 Å². The van der Waals surface area contributed by atoms with Crippen molar-refractivity contribution < 1.29 is 39.5 Å². The molecule has 11 nitrogen and oxygen atoms in total. The van der Waals surface area contributed by atoms with Gasteiger partial charge in [0.15, 0.2) is 5.13 Å². The molecule has 0 unspecified atom stereocenters. The Morgan fingerprint density at radius 3 is 2.26 bits per heavy atom. The van der Waals surface area contributed by atoms with Crippen LogP contribution in [0.3, 0.4) is 0 Å². The Morgan fingerprint density at radius 2 is 1.66 bits per heavy atom. The van der Waals surface area contributed by atoms with Crippen molar-refractivity contribution in [2.45, 2.75) is 63.0 Å². The zero-order valence-electron chi connectivity index (χ0n) is 26.2. The van der Waals surface area contributed by atoms with Crippen molar-refractivity contribution in [1.82, 2.24) is 18.9 Å². The van der Waals surface area contributed by atoms with Crippen LogP contribution in [0.15, 0.2) is 53.4 Å². The summed E-state index contributed by atoms with van der Waals surface area (Å²) in [6, 6.07) is 10.4. The number of nitrogens with zero attached hydrogens (tertiary/aromatic N) is 4. The van der Waals surface area contributed by atoms with Crippen LogP contribution in [0.4, 0.5) is 18.3 Å². The molecule has 1 aromatic heterocycles. The van der Waals surface area contributed by atoms with Gasteiger partial charge in [0, 0.05) is 50.6 Å². The number of sulfonamides is 2. The molecule has 3 aromatic rings. The third kappa shape index (κ3) is 8.25. The molecular weight excluding hydrogens is 680 g/mol. The molecule has 1 fully saturated rings. The number of fused-ring (bicyclic) bond motifs is 1. The number of rotatable bonds is 8. The number of piperazine rings is 1. The Hall–Kier alpha value is -3.25. The minimum atomic E-state index is -4.94. The van der Waals surface area contributed by atoms with Crippen molar-refractivity contribution >= 4 is 42.4 Å². The first-order chi connectivity index (χ1) is 21.8. The summed E-state index contributed by atoms with van der Waals surface area (Å²) in [7, 11) is -7.73. The second-order valence-electron chi connectivity index (χ2n) is 12.5. The lowest BCUT2D eigenvalue weighted by Crippen LogP contribution is -2.60. The van der Waals surface area contributed by atoms with Gasteiger partial charge in [0.25, 0.3) is 0 Å². The minimum Gasteiger partial charge on any atom is -0.406 e. The van der Waals surface area contributed by atoms with Crippen molar-refractivity contribution in [3.8, 4) is 5.75 Å². The van der Waals surface area contributed by atoms with Gasteiger partial charge in [0.1, 0.15) is 11.8 Å². The van der Waals surface area contributed by atoms with Crippen molar-refractivity contribution in [1.29, 1.82) is 0 Å². The monoisotopic (exact) mass is 715 g/mol. The summed E-state index contributed by atoms with van der Waals surface area (Å²) in [6.45, 7) is 6.91. The molecule has 0 saturated carbocycles. The molecule has 1 saturated heterocycles. The highest BCUT2D eigenvalue weighted by atomic mass is 32.2. The van der Waals surface area contributed by atoms with E-state index in [4.69, 9.17) is 4.98 Å². The topological polar surface area (TPSA) is 129 Å². The number of alkyl halides is 3. The first-order valence-corrected chi connectivity index (χ1v) is 18.9. The lowest BCUT2D eigenvalue weighted by Gasteiger charge is -2.39. The van der Waals surface area contributed by atoms with Crippen molar-refractivity contribution in [2.24, 2.45) is 0 Å². The number of carbonyl (C=O) groups excluding carboxylic acids is 1. The van der Waals surface area contributed by atoms with Crippen molar-refractivity contribution in [2.75, 3.05) is 37.3 Å². The SMILES string of the molecule is CC(C)(C)c1ccc(CNC(=O)[C@H]2CN(c3nc4c(s3)CN(S(C)(=O)=O)CC4)CCN2S(=O)(=O)c2ccc(OC(F)(F)F)cc2)cc1. The Kier molecular flexibility index (Phi) is 9.69. The molecule has 0 bridgehead atoms. The molecule has 1 amide bonds. The molecule has 47 heavy (non-hydrogen) atoms. The van der Waals surface area contributed by atoms with E-state index in [0.717, 1.165) is 56.5 Å². The second kappa shape index (κ2) is 13.0. The van der Waals surface area contributed by atoms with Crippen LogP contribution in [0.5, 0.6) is 5.75 Å². The molecule has 1 N–H and O–H groups in total. The average molecular weight is 716 g/mol. The lowest BCUT2D eigenvalue weighted by atomic mass is 9.87. The maximum Gasteiger partial charge on any atom is 0.573 e. The number of carbonyl (C=O) groups is 1. The fourth-order valence-electron chi connectivity index (χ4n) is 5.40. The van der Waals surface area contributed by atoms with Crippen molar-refractivity contribution in [3.63, 3.8) is 0 Å². The predicted molar refractivity (Wildman–Crippen MR) is 171 cm³/mol. The zero-order chi connectivity index (χ0) is 34.4. The van der Waals surface area contributed by atoms with Gasteiger partial charge in [-0.05, 0) is 40.8 Å². The van der Waals surface area contributed by atoms with E-state index in [1.165, 1.54) is 15.6 Å². The molecular formula is C30H36F3N5O6S3. The third-order valence-corrected chi connectivity index (χ3v) is 12.3. The molecule has 5 rings (SSSR count). The maximum atomic E-state index is 13.8. The minimum absolute atomic E-state index is 0.0501. The van der Waals surface area contributed by atoms with Gasteiger partial charge in [0.05, 0.1) is 16.8 Å². The van der Waals surface area contributed by atoms with E-state index in [1.807, 2.05) is 29.2 Å². The normalized spacial score (nSPS) is 18.5. The molecule has 1 atom stereocenters. The van der Waals surface area contributed by atoms with E-state index >= 15 is 0 Å². The third-order valence-electron chi connectivity index (χ3n) is 8.01. The van der Waals surface area contributed by atoms with Gasteiger partial charge in [-0.1, -0.05) is 45.0 Å². The average Bonchev–Trinajstić information content (AvgIpc) is 3.42. The van der Waals surface area contributed by atoms with Gasteiger partial charge >= 0.3 is 6.36 Å². The van der Waals surface area contributed by atoms with E-state index < -0.39 is 44.1 Å². The number of ether oxygens (including phenoxy) is 1. The smallest absolute Gasteiger partial charge is 0.406 e. The molecule has 17 heteroatoms. The summed E-state index contributed by atoms with van der Waals surface area (Å²) < 4.78 is 96.2. The van der Waals surface area contributed by atoms with E-state index in [-0.39, 0.29) is 43.0 Å². The molecule has 2 aliphatic heterocycles. The number of halogens is 3. The fourth-order valence-corrected chi connectivity index (χ4v) is 8.99. The molecule has 2 aliphatic rings. The van der Waals surface area contributed by atoms with Crippen LogP contribution in [-0.2, 0) is 49.8 Å². The highest BCUT2D eigenvalue weighted by Crippen LogP contribution is 2.34. The largest absolute Gasteiger partial charge is 0.573 e. The quantitative estimate of drug-likeness (QED) is 0.373. The number of hydrogen-bond acceptors (Lipinski definition) is 9. The van der Waals surface area contributed by atoms with Gasteiger partial charge in [-0.3, -0.25) is 4.79 Å². The van der Waals surface area contributed by atoms with E-state index in [2.05, 4.69) is 30.8 Å². The summed E-state index contributed by atoms with van der Waals surface area (Å²) in [5, 5.41) is 3.40. The van der Waals surface area contributed by atoms with E-state index in [9.17, 15) is 34.8 Å². The van der Waals surface area contributed by atoms with Crippen LogP contribution < -0.4 is 15.0 Å². The van der Waals surface area contributed by atoms with Crippen LogP contribution in [-0.4, -0.2) is 81.2 Å². The summed E-state index contributed by atoms with van der Waals surface area (Å²) in [5.74, 6) is -1.13. The summed E-state index contributed by atoms with van der Waals surface area (Å²) in [5.41, 5.74) is 2.64. The standard InChI is InChI=1S/C30H36F3N5O6S3/c1-29(2,3)21-7-5-20(6-8-21)17-34-27(39)25-18-36(28-35-24-13-14-37(46(4,40)41)19-26(24)45-28)15-16-38(25)47(42,43)23-11-9-22(10-12-23)44-30(31,32)33/h5-12,25H,13-19H2,1-4H3,(H,34,39)/t25-/m1/s1. The van der Waals surface area contributed by atoms with Gasteiger partial charge in [-0.2, -0.15) is 8.61 Å². The number of nitrogens with one attached hydrogen (secondary N) is 1. The number of aromatic nitrogens is 1. The summed E-state index contributed by atoms with van der Waals surface area (Å²) in [4.78, 5) is 20.8. The Labute approximate surface area is 276 Å². The van der Waals surface area contributed by atoms with E-state index in [1.54, 1.807) is 0 Å². The van der Waals surface area contributed by atoms with Crippen LogP contribution >= 0.6 is 11.3 Å².